The summed E-state index contributed by atoms with van der Waals surface area (Å²) in [4.78, 5) is 12.4. The lowest BCUT2D eigenvalue weighted by molar-refractivity contribution is 0.0941. The zero-order valence-electron chi connectivity index (χ0n) is 12.0. The molecule has 0 atom stereocenters. The van der Waals surface area contributed by atoms with Gasteiger partial charge in [-0.15, -0.1) is 0 Å². The van der Waals surface area contributed by atoms with Crippen LogP contribution in [0.5, 0.6) is 0 Å². The minimum absolute atomic E-state index is 0.200. The molecule has 5 nitrogen and oxygen atoms in total. The average Bonchev–Trinajstić information content (AvgIpc) is 3.22. The molecule has 0 aliphatic carbocycles. The van der Waals surface area contributed by atoms with Gasteiger partial charge in [-0.3, -0.25) is 4.79 Å². The molecule has 0 bridgehead atoms. The first-order valence-corrected chi connectivity index (χ1v) is 6.87. The van der Waals surface area contributed by atoms with E-state index < -0.39 is 5.91 Å². The van der Waals surface area contributed by atoms with Crippen LogP contribution in [0.1, 0.15) is 21.8 Å². The van der Waals surface area contributed by atoms with E-state index in [1.807, 2.05) is 6.07 Å². The van der Waals surface area contributed by atoms with E-state index in [4.69, 9.17) is 4.42 Å². The number of furan rings is 1. The van der Waals surface area contributed by atoms with Gasteiger partial charge in [0.25, 0.3) is 5.91 Å². The number of halogens is 1. The Labute approximate surface area is 131 Å². The van der Waals surface area contributed by atoms with Gasteiger partial charge in [-0.1, -0.05) is 0 Å². The van der Waals surface area contributed by atoms with Crippen molar-refractivity contribution in [1.82, 2.24) is 9.88 Å². The van der Waals surface area contributed by atoms with E-state index in [0.717, 1.165) is 0 Å². The molecule has 0 unspecified atom stereocenters. The Morgan fingerprint density at radius 3 is 2.70 bits per heavy atom. The number of rotatable bonds is 4. The fraction of sp³-hybridized carbons (Fsp3) is 0.0588. The average molecular weight is 309 g/mol. The summed E-state index contributed by atoms with van der Waals surface area (Å²) in [6, 6.07) is 12.7. The quantitative estimate of drug-likeness (QED) is 0.805. The van der Waals surface area contributed by atoms with Crippen LogP contribution in [0.2, 0.25) is 0 Å². The summed E-state index contributed by atoms with van der Waals surface area (Å²) in [7, 11) is 0. The summed E-state index contributed by atoms with van der Waals surface area (Å²) in [6.07, 6.45) is 3.12. The minimum atomic E-state index is -0.410. The summed E-state index contributed by atoms with van der Waals surface area (Å²) < 4.78 is 19.8. The maximum atomic E-state index is 13.1. The fourth-order valence-electron chi connectivity index (χ4n) is 2.24. The number of benzene rings is 1. The normalized spacial score (nSPS) is 10.3. The van der Waals surface area contributed by atoms with E-state index in [9.17, 15) is 14.4 Å². The molecule has 2 aromatic heterocycles. The summed E-state index contributed by atoms with van der Waals surface area (Å²) in [5.74, 6) is -0.172. The number of amides is 1. The Bertz CT molecular complexity index is 858. The van der Waals surface area contributed by atoms with Gasteiger partial charge in [-0.2, -0.15) is 5.26 Å². The third kappa shape index (κ3) is 2.99. The first-order valence-electron chi connectivity index (χ1n) is 6.87. The Kier molecular flexibility index (Phi) is 3.93. The lowest BCUT2D eigenvalue weighted by Gasteiger charge is -2.10. The SMILES string of the molecule is N#Cc1ccn(-c2ccc(F)cc2)c1C(=O)NCc1ccco1. The van der Waals surface area contributed by atoms with Gasteiger partial charge < -0.3 is 14.3 Å². The van der Waals surface area contributed by atoms with Crippen LogP contribution in [-0.4, -0.2) is 10.5 Å². The molecule has 114 valence electrons. The lowest BCUT2D eigenvalue weighted by Crippen LogP contribution is -2.25. The fourth-order valence-corrected chi connectivity index (χ4v) is 2.24. The highest BCUT2D eigenvalue weighted by Gasteiger charge is 2.18. The number of carbonyl (C=O) groups excluding carboxylic acids is 1. The predicted molar refractivity (Wildman–Crippen MR) is 80.3 cm³/mol. The monoisotopic (exact) mass is 309 g/mol. The zero-order chi connectivity index (χ0) is 16.2. The highest BCUT2D eigenvalue weighted by atomic mass is 19.1. The minimum Gasteiger partial charge on any atom is -0.467 e. The van der Waals surface area contributed by atoms with Crippen LogP contribution < -0.4 is 5.32 Å². The molecule has 0 radical (unpaired) electrons. The van der Waals surface area contributed by atoms with Gasteiger partial charge in [0, 0.05) is 11.9 Å². The third-order valence-corrected chi connectivity index (χ3v) is 3.33. The van der Waals surface area contributed by atoms with Crippen molar-refractivity contribution >= 4 is 5.91 Å². The molecule has 0 saturated carbocycles. The van der Waals surface area contributed by atoms with Crippen molar-refractivity contribution in [1.29, 1.82) is 5.26 Å². The van der Waals surface area contributed by atoms with E-state index in [1.165, 1.54) is 18.4 Å². The number of nitriles is 1. The molecule has 1 N–H and O–H groups in total. The molecule has 0 aliphatic rings. The van der Waals surface area contributed by atoms with E-state index >= 15 is 0 Å². The van der Waals surface area contributed by atoms with Crippen LogP contribution >= 0.6 is 0 Å². The van der Waals surface area contributed by atoms with Crippen molar-refractivity contribution in [3.8, 4) is 11.8 Å². The first-order chi connectivity index (χ1) is 11.2. The largest absolute Gasteiger partial charge is 0.467 e. The van der Waals surface area contributed by atoms with Crippen LogP contribution in [0.15, 0.2) is 59.3 Å². The Morgan fingerprint density at radius 1 is 1.26 bits per heavy atom. The van der Waals surface area contributed by atoms with E-state index in [1.54, 1.807) is 41.1 Å². The van der Waals surface area contributed by atoms with Gasteiger partial charge in [0.1, 0.15) is 23.3 Å². The van der Waals surface area contributed by atoms with Gasteiger partial charge in [0.2, 0.25) is 0 Å². The van der Waals surface area contributed by atoms with E-state index in [2.05, 4.69) is 5.32 Å². The Morgan fingerprint density at radius 2 is 2.04 bits per heavy atom. The summed E-state index contributed by atoms with van der Waals surface area (Å²) >= 11 is 0. The van der Waals surface area contributed by atoms with Gasteiger partial charge in [-0.05, 0) is 42.5 Å². The number of hydrogen-bond donors (Lipinski definition) is 1. The standard InChI is InChI=1S/C17H12FN3O2/c18-13-3-5-14(6-4-13)21-8-7-12(10-19)16(21)17(22)20-11-15-2-1-9-23-15/h1-9H,11H2,(H,20,22). The molecule has 1 aromatic carbocycles. The molecule has 3 rings (SSSR count). The van der Waals surface area contributed by atoms with Crippen molar-refractivity contribution in [3.63, 3.8) is 0 Å². The number of nitrogens with zero attached hydrogens (tertiary/aromatic N) is 2. The molecule has 3 aromatic rings. The summed E-state index contributed by atoms with van der Waals surface area (Å²) in [5, 5.41) is 11.9. The number of carbonyl (C=O) groups is 1. The second kappa shape index (κ2) is 6.20. The van der Waals surface area contributed by atoms with Gasteiger partial charge >= 0.3 is 0 Å². The van der Waals surface area contributed by atoms with E-state index in [0.29, 0.717) is 11.4 Å². The van der Waals surface area contributed by atoms with Crippen LogP contribution in [0.25, 0.3) is 5.69 Å². The second-order valence-electron chi connectivity index (χ2n) is 4.80. The van der Waals surface area contributed by atoms with Crippen LogP contribution in [0, 0.1) is 17.1 Å². The van der Waals surface area contributed by atoms with Crippen molar-refractivity contribution in [2.45, 2.75) is 6.54 Å². The van der Waals surface area contributed by atoms with Crippen LogP contribution in [-0.2, 0) is 6.54 Å². The maximum Gasteiger partial charge on any atom is 0.270 e. The zero-order valence-corrected chi connectivity index (χ0v) is 12.0. The molecule has 0 fully saturated rings. The molecular formula is C17H12FN3O2. The van der Waals surface area contributed by atoms with Crippen molar-refractivity contribution in [3.05, 3.63) is 77.8 Å². The van der Waals surface area contributed by atoms with Crippen molar-refractivity contribution in [2.75, 3.05) is 0 Å². The first kappa shape index (κ1) is 14.6. The lowest BCUT2D eigenvalue weighted by atomic mass is 10.2. The molecular weight excluding hydrogens is 297 g/mol. The molecule has 6 heteroatoms. The Balaban J connectivity index is 1.90. The highest BCUT2D eigenvalue weighted by molar-refractivity contribution is 5.95. The molecule has 0 saturated heterocycles. The predicted octanol–water partition coefficient (Wildman–Crippen LogP) is 3.01. The topological polar surface area (TPSA) is 71.0 Å². The Hall–Kier alpha value is -3.33. The van der Waals surface area contributed by atoms with Crippen molar-refractivity contribution in [2.24, 2.45) is 0 Å². The number of hydrogen-bond acceptors (Lipinski definition) is 3. The smallest absolute Gasteiger partial charge is 0.270 e. The van der Waals surface area contributed by atoms with Crippen molar-refractivity contribution < 1.29 is 13.6 Å². The molecule has 2 heterocycles. The molecule has 1 amide bonds. The molecule has 23 heavy (non-hydrogen) atoms. The van der Waals surface area contributed by atoms with Crippen LogP contribution in [0.3, 0.4) is 0 Å². The number of nitrogens with one attached hydrogen (secondary N) is 1. The third-order valence-electron chi connectivity index (χ3n) is 3.33. The second-order valence-corrected chi connectivity index (χ2v) is 4.80. The summed E-state index contributed by atoms with van der Waals surface area (Å²) in [5.41, 5.74) is 1.04. The van der Waals surface area contributed by atoms with E-state index in [-0.39, 0.29) is 23.6 Å². The van der Waals surface area contributed by atoms with Crippen LogP contribution in [0.4, 0.5) is 4.39 Å². The van der Waals surface area contributed by atoms with Gasteiger partial charge in [0.15, 0.2) is 0 Å². The van der Waals surface area contributed by atoms with Gasteiger partial charge in [-0.25, -0.2) is 4.39 Å². The molecule has 0 aliphatic heterocycles. The summed E-state index contributed by atoms with van der Waals surface area (Å²) in [6.45, 7) is 0.214. The van der Waals surface area contributed by atoms with Gasteiger partial charge in [0.05, 0.1) is 18.4 Å². The highest BCUT2D eigenvalue weighted by Crippen LogP contribution is 2.17. The maximum absolute atomic E-state index is 13.1. The molecule has 0 spiro atoms. The number of aromatic nitrogens is 1.